The molecule has 0 saturated carbocycles. The van der Waals surface area contributed by atoms with E-state index in [9.17, 15) is 9.67 Å². The zero-order chi connectivity index (χ0) is 20.1. The highest BCUT2D eigenvalue weighted by Gasteiger charge is 2.37. The normalized spacial score (nSPS) is 14.7. The lowest BCUT2D eigenvalue weighted by Crippen LogP contribution is -2.16. The number of H-pyrrole nitrogens is 1. The van der Waals surface area contributed by atoms with Gasteiger partial charge in [0.25, 0.3) is 0 Å². The number of nitrogens with one attached hydrogen (secondary N) is 1. The maximum Gasteiger partial charge on any atom is 0.232 e. The van der Waals surface area contributed by atoms with Crippen molar-refractivity contribution >= 4 is 18.4 Å². The Morgan fingerprint density at radius 1 is 1.25 bits per heavy atom. The van der Waals surface area contributed by atoms with E-state index in [-0.39, 0.29) is 13.2 Å². The molecule has 2 heterocycles. The van der Waals surface area contributed by atoms with Crippen LogP contribution in [0, 0.1) is 6.92 Å². The molecule has 0 spiro atoms. The smallest absolute Gasteiger partial charge is 0.232 e. The number of aromatic amines is 1. The second-order valence-electron chi connectivity index (χ2n) is 6.41. The monoisotopic (exact) mass is 404 g/mol. The number of aliphatic hydroxyl groups is 1. The predicted molar refractivity (Wildman–Crippen MR) is 107 cm³/mol. The molecule has 2 aromatic heterocycles. The van der Waals surface area contributed by atoms with Gasteiger partial charge in [-0.15, -0.1) is 0 Å². The van der Waals surface area contributed by atoms with Gasteiger partial charge in [-0.05, 0) is 31.5 Å². The van der Waals surface area contributed by atoms with Crippen LogP contribution in [-0.4, -0.2) is 44.4 Å². The third-order valence-electron chi connectivity index (χ3n) is 4.47. The van der Waals surface area contributed by atoms with Crippen molar-refractivity contribution in [2.75, 3.05) is 19.4 Å². The van der Waals surface area contributed by atoms with Crippen molar-refractivity contribution in [1.82, 2.24) is 19.9 Å². The lowest BCUT2D eigenvalue weighted by molar-refractivity contribution is 0.272. The Hall–Kier alpha value is -2.28. The van der Waals surface area contributed by atoms with Crippen molar-refractivity contribution in [3.63, 3.8) is 0 Å². The number of nitrogens with zero attached hydrogens (tertiary/aromatic N) is 3. The second kappa shape index (κ2) is 8.82. The Kier molecular flexibility index (Phi) is 6.44. The van der Waals surface area contributed by atoms with Crippen molar-refractivity contribution in [2.45, 2.75) is 33.0 Å². The number of fused-ring (bicyclic) bond motifs is 1. The molecule has 0 amide bonds. The SMILES string of the molecule is CCOP(=O)(CC)C(COc1cnc(C)cn1)c1nc2ccc(CO)cc2[nH]1. The summed E-state index contributed by atoms with van der Waals surface area (Å²) in [5.41, 5.74) is 2.47. The molecule has 2 N–H and O–H groups in total. The second-order valence-corrected chi connectivity index (χ2v) is 9.38. The van der Waals surface area contributed by atoms with Crippen LogP contribution in [-0.2, 0) is 15.7 Å². The number of aliphatic hydroxyl groups excluding tert-OH is 1. The molecule has 0 saturated heterocycles. The fourth-order valence-corrected chi connectivity index (χ4v) is 4.99. The topological polar surface area (TPSA) is 110 Å². The molecular weight excluding hydrogens is 379 g/mol. The number of hydrogen-bond donors (Lipinski definition) is 2. The van der Waals surface area contributed by atoms with E-state index in [1.165, 1.54) is 6.20 Å². The van der Waals surface area contributed by atoms with Gasteiger partial charge in [0.1, 0.15) is 18.1 Å². The van der Waals surface area contributed by atoms with Crippen molar-refractivity contribution in [1.29, 1.82) is 0 Å². The predicted octanol–water partition coefficient (Wildman–Crippen LogP) is 3.61. The molecule has 1 aromatic carbocycles. The number of aromatic nitrogens is 4. The van der Waals surface area contributed by atoms with Gasteiger partial charge in [-0.25, -0.2) is 9.97 Å². The molecule has 28 heavy (non-hydrogen) atoms. The van der Waals surface area contributed by atoms with Crippen LogP contribution in [0.1, 0.15) is 36.6 Å². The molecule has 150 valence electrons. The molecule has 0 aliphatic heterocycles. The first-order valence-electron chi connectivity index (χ1n) is 9.23. The van der Waals surface area contributed by atoms with E-state index < -0.39 is 13.0 Å². The maximum atomic E-state index is 13.5. The Morgan fingerprint density at radius 3 is 2.71 bits per heavy atom. The van der Waals surface area contributed by atoms with E-state index in [1.54, 1.807) is 6.20 Å². The third-order valence-corrected chi connectivity index (χ3v) is 7.39. The van der Waals surface area contributed by atoms with Crippen LogP contribution < -0.4 is 4.74 Å². The van der Waals surface area contributed by atoms with Gasteiger partial charge in [-0.3, -0.25) is 9.55 Å². The molecule has 2 atom stereocenters. The van der Waals surface area contributed by atoms with Gasteiger partial charge in [-0.2, -0.15) is 0 Å². The molecular formula is C19H25N4O4P. The molecule has 0 aliphatic carbocycles. The number of benzene rings is 1. The average Bonchev–Trinajstić information content (AvgIpc) is 3.12. The van der Waals surface area contributed by atoms with Gasteiger partial charge >= 0.3 is 0 Å². The molecule has 0 fully saturated rings. The molecule has 3 rings (SSSR count). The van der Waals surface area contributed by atoms with Crippen LogP contribution in [0.3, 0.4) is 0 Å². The van der Waals surface area contributed by atoms with Crippen LogP contribution in [0.5, 0.6) is 5.88 Å². The largest absolute Gasteiger partial charge is 0.475 e. The summed E-state index contributed by atoms with van der Waals surface area (Å²) in [4.78, 5) is 16.2. The zero-order valence-corrected chi connectivity index (χ0v) is 17.1. The molecule has 2 unspecified atom stereocenters. The Morgan fingerprint density at radius 2 is 2.07 bits per heavy atom. The summed E-state index contributed by atoms with van der Waals surface area (Å²) in [7, 11) is -3.07. The quantitative estimate of drug-likeness (QED) is 0.524. The van der Waals surface area contributed by atoms with E-state index >= 15 is 0 Å². The first kappa shape index (κ1) is 20.5. The Balaban J connectivity index is 1.95. The number of rotatable bonds is 9. The molecule has 8 nitrogen and oxygen atoms in total. The highest BCUT2D eigenvalue weighted by molar-refractivity contribution is 7.59. The van der Waals surface area contributed by atoms with Crippen LogP contribution in [0.4, 0.5) is 0 Å². The third kappa shape index (κ3) is 4.41. The highest BCUT2D eigenvalue weighted by atomic mass is 31.2. The molecule has 0 radical (unpaired) electrons. The summed E-state index contributed by atoms with van der Waals surface area (Å²) in [6.07, 6.45) is 3.51. The molecule has 0 bridgehead atoms. The fourth-order valence-electron chi connectivity index (χ4n) is 2.95. The minimum absolute atomic E-state index is 0.0602. The standard InChI is InChI=1S/C19H25N4O4P/c1-4-27-28(25,5-2)17(12-26-18-10-20-13(3)9-21-18)19-22-15-7-6-14(11-24)8-16(15)23-19/h6-10,17,24H,4-5,11-12H2,1-3H3,(H,22,23). The van der Waals surface area contributed by atoms with Crippen molar-refractivity contribution in [3.05, 3.63) is 47.7 Å². The lowest BCUT2D eigenvalue weighted by Gasteiger charge is -2.24. The Bertz CT molecular complexity index is 974. The zero-order valence-electron chi connectivity index (χ0n) is 16.3. The summed E-state index contributed by atoms with van der Waals surface area (Å²) in [6.45, 7) is 5.86. The van der Waals surface area contributed by atoms with E-state index in [0.717, 1.165) is 22.3 Å². The van der Waals surface area contributed by atoms with Crippen molar-refractivity contribution in [3.8, 4) is 5.88 Å². The van der Waals surface area contributed by atoms with Gasteiger partial charge in [-0.1, -0.05) is 13.0 Å². The van der Waals surface area contributed by atoms with Gasteiger partial charge < -0.3 is 19.4 Å². The van der Waals surface area contributed by atoms with Crippen LogP contribution in [0.2, 0.25) is 0 Å². The van der Waals surface area contributed by atoms with E-state index in [4.69, 9.17) is 9.26 Å². The molecule has 9 heteroatoms. The van der Waals surface area contributed by atoms with E-state index in [0.29, 0.717) is 24.5 Å². The first-order valence-corrected chi connectivity index (χ1v) is 11.1. The summed E-state index contributed by atoms with van der Waals surface area (Å²) < 4.78 is 25.0. The number of hydrogen-bond acceptors (Lipinski definition) is 7. The summed E-state index contributed by atoms with van der Waals surface area (Å²) in [6, 6.07) is 5.46. The Labute approximate surface area is 163 Å². The summed E-state index contributed by atoms with van der Waals surface area (Å²) in [5, 5.41) is 9.35. The number of imidazole rings is 1. The minimum Gasteiger partial charge on any atom is -0.475 e. The fraction of sp³-hybridized carbons (Fsp3) is 0.421. The van der Waals surface area contributed by atoms with Crippen molar-refractivity contribution < 1.29 is 18.9 Å². The van der Waals surface area contributed by atoms with Gasteiger partial charge in [0, 0.05) is 6.16 Å². The number of aryl methyl sites for hydroxylation is 1. The van der Waals surface area contributed by atoms with Gasteiger partial charge in [0.15, 0.2) is 0 Å². The molecule has 0 aliphatic rings. The van der Waals surface area contributed by atoms with Crippen LogP contribution in [0.15, 0.2) is 30.6 Å². The minimum atomic E-state index is -3.07. The molecule has 3 aromatic rings. The van der Waals surface area contributed by atoms with E-state index in [1.807, 2.05) is 39.0 Å². The summed E-state index contributed by atoms with van der Waals surface area (Å²) in [5.74, 6) is 0.886. The summed E-state index contributed by atoms with van der Waals surface area (Å²) >= 11 is 0. The lowest BCUT2D eigenvalue weighted by atomic mass is 10.2. The van der Waals surface area contributed by atoms with Crippen molar-refractivity contribution in [2.24, 2.45) is 0 Å². The maximum absolute atomic E-state index is 13.5. The van der Waals surface area contributed by atoms with Gasteiger partial charge in [0.05, 0.1) is 42.3 Å². The van der Waals surface area contributed by atoms with Gasteiger partial charge in [0.2, 0.25) is 13.2 Å². The average molecular weight is 404 g/mol. The van der Waals surface area contributed by atoms with Crippen LogP contribution >= 0.6 is 7.37 Å². The van der Waals surface area contributed by atoms with Crippen LogP contribution in [0.25, 0.3) is 11.0 Å². The number of ether oxygens (including phenoxy) is 1. The van der Waals surface area contributed by atoms with E-state index in [2.05, 4.69) is 19.9 Å². The highest BCUT2D eigenvalue weighted by Crippen LogP contribution is 2.59. The first-order chi connectivity index (χ1) is 13.5.